The van der Waals surface area contributed by atoms with Crippen molar-refractivity contribution < 1.29 is 4.74 Å². The van der Waals surface area contributed by atoms with Crippen LogP contribution >= 0.6 is 23.2 Å². The van der Waals surface area contributed by atoms with E-state index in [-0.39, 0.29) is 12.0 Å². The fraction of sp³-hybridized carbons (Fsp3) is 0.375. The zero-order valence-corrected chi connectivity index (χ0v) is 13.8. The first-order valence-electron chi connectivity index (χ1n) is 6.94. The van der Waals surface area contributed by atoms with E-state index in [9.17, 15) is 0 Å². The quantitative estimate of drug-likeness (QED) is 0.710. The second kappa shape index (κ2) is 7.21. The maximum absolute atomic E-state index is 6.33. The highest BCUT2D eigenvalue weighted by atomic mass is 35.5. The first-order valence-corrected chi connectivity index (χ1v) is 7.70. The van der Waals surface area contributed by atoms with E-state index in [1.807, 2.05) is 37.3 Å². The standard InChI is InChI=1S/C16H18Cl2N2O/c1-4-21-13(10(2)3)16-19-14(17)12(15(18)20-16)11-8-6-5-7-9-11/h5-10,13H,4H2,1-3H3. The van der Waals surface area contributed by atoms with E-state index in [4.69, 9.17) is 27.9 Å². The molecule has 2 aromatic rings. The van der Waals surface area contributed by atoms with E-state index < -0.39 is 0 Å². The van der Waals surface area contributed by atoms with E-state index in [0.717, 1.165) is 5.56 Å². The van der Waals surface area contributed by atoms with Crippen LogP contribution in [0.2, 0.25) is 10.3 Å². The van der Waals surface area contributed by atoms with E-state index in [1.54, 1.807) is 0 Å². The van der Waals surface area contributed by atoms with Gasteiger partial charge in [0.15, 0.2) is 5.82 Å². The van der Waals surface area contributed by atoms with Crippen LogP contribution in [0.25, 0.3) is 11.1 Å². The molecule has 0 aliphatic carbocycles. The largest absolute Gasteiger partial charge is 0.370 e. The molecule has 1 aromatic heterocycles. The van der Waals surface area contributed by atoms with Crippen LogP contribution in [0.4, 0.5) is 0 Å². The van der Waals surface area contributed by atoms with Crippen LogP contribution in [0.15, 0.2) is 30.3 Å². The van der Waals surface area contributed by atoms with Gasteiger partial charge in [0.25, 0.3) is 0 Å². The van der Waals surface area contributed by atoms with Gasteiger partial charge in [0.2, 0.25) is 0 Å². The maximum atomic E-state index is 6.33. The van der Waals surface area contributed by atoms with Gasteiger partial charge >= 0.3 is 0 Å². The SMILES string of the molecule is CCOC(c1nc(Cl)c(-c2ccccc2)c(Cl)n1)C(C)C. The molecule has 112 valence electrons. The number of halogens is 2. The van der Waals surface area contributed by atoms with Crippen molar-refractivity contribution in [1.82, 2.24) is 9.97 Å². The Balaban J connectivity index is 2.46. The molecule has 0 bridgehead atoms. The number of hydrogen-bond acceptors (Lipinski definition) is 3. The number of benzene rings is 1. The highest BCUT2D eigenvalue weighted by molar-refractivity contribution is 6.37. The van der Waals surface area contributed by atoms with E-state index >= 15 is 0 Å². The van der Waals surface area contributed by atoms with Gasteiger partial charge in [0.05, 0.1) is 5.56 Å². The van der Waals surface area contributed by atoms with Crippen molar-refractivity contribution in [3.63, 3.8) is 0 Å². The van der Waals surface area contributed by atoms with Crippen LogP contribution in [0.3, 0.4) is 0 Å². The van der Waals surface area contributed by atoms with Crippen LogP contribution in [-0.2, 0) is 4.74 Å². The van der Waals surface area contributed by atoms with Crippen molar-refractivity contribution in [2.24, 2.45) is 5.92 Å². The summed E-state index contributed by atoms with van der Waals surface area (Å²) in [5.74, 6) is 0.765. The second-order valence-corrected chi connectivity index (χ2v) is 5.74. The van der Waals surface area contributed by atoms with Gasteiger partial charge in [-0.3, -0.25) is 0 Å². The van der Waals surface area contributed by atoms with Gasteiger partial charge in [-0.25, -0.2) is 9.97 Å². The summed E-state index contributed by atoms with van der Waals surface area (Å²) in [5.41, 5.74) is 1.55. The number of nitrogens with zero attached hydrogens (tertiary/aromatic N) is 2. The third-order valence-corrected chi connectivity index (χ3v) is 3.65. The molecule has 0 radical (unpaired) electrons. The van der Waals surface area contributed by atoms with Gasteiger partial charge in [-0.1, -0.05) is 67.4 Å². The Morgan fingerprint density at radius 1 is 1.05 bits per heavy atom. The Hall–Kier alpha value is -1.16. The highest BCUT2D eigenvalue weighted by Gasteiger charge is 2.22. The van der Waals surface area contributed by atoms with Gasteiger partial charge in [-0.15, -0.1) is 0 Å². The summed E-state index contributed by atoms with van der Waals surface area (Å²) in [6, 6.07) is 9.64. The fourth-order valence-electron chi connectivity index (χ4n) is 2.14. The molecule has 5 heteroatoms. The topological polar surface area (TPSA) is 35.0 Å². The fourth-order valence-corrected chi connectivity index (χ4v) is 2.76. The Morgan fingerprint density at radius 2 is 1.62 bits per heavy atom. The predicted octanol–water partition coefficient (Wildman–Crippen LogP) is 5.18. The lowest BCUT2D eigenvalue weighted by atomic mass is 10.1. The van der Waals surface area contributed by atoms with E-state index in [2.05, 4.69) is 23.8 Å². The molecule has 1 unspecified atom stereocenters. The molecule has 1 atom stereocenters. The maximum Gasteiger partial charge on any atom is 0.160 e. The molecule has 0 aliphatic heterocycles. The van der Waals surface area contributed by atoms with Gasteiger partial charge in [-0.2, -0.15) is 0 Å². The molecule has 3 nitrogen and oxygen atoms in total. The van der Waals surface area contributed by atoms with Crippen molar-refractivity contribution in [1.29, 1.82) is 0 Å². The Morgan fingerprint density at radius 3 is 2.10 bits per heavy atom. The molecular weight excluding hydrogens is 307 g/mol. The van der Waals surface area contributed by atoms with Crippen LogP contribution < -0.4 is 0 Å². The monoisotopic (exact) mass is 324 g/mol. The zero-order chi connectivity index (χ0) is 15.4. The molecule has 21 heavy (non-hydrogen) atoms. The summed E-state index contributed by atoms with van der Waals surface area (Å²) in [5, 5.41) is 0.697. The van der Waals surface area contributed by atoms with Crippen molar-refractivity contribution in [3.8, 4) is 11.1 Å². The second-order valence-electron chi connectivity index (χ2n) is 5.02. The van der Waals surface area contributed by atoms with Gasteiger partial charge in [0, 0.05) is 6.61 Å². The average molecular weight is 325 g/mol. The van der Waals surface area contributed by atoms with Crippen LogP contribution in [0.5, 0.6) is 0 Å². The van der Waals surface area contributed by atoms with Gasteiger partial charge in [-0.05, 0) is 18.4 Å². The molecule has 1 aromatic carbocycles. The Kier molecular flexibility index (Phi) is 5.57. The van der Waals surface area contributed by atoms with Gasteiger partial charge < -0.3 is 4.74 Å². The lowest BCUT2D eigenvalue weighted by Crippen LogP contribution is -2.15. The molecule has 0 amide bonds. The molecular formula is C16H18Cl2N2O. The average Bonchev–Trinajstić information content (AvgIpc) is 2.44. The molecule has 0 N–H and O–H groups in total. The Labute approximate surface area is 135 Å². The van der Waals surface area contributed by atoms with Gasteiger partial charge in [0.1, 0.15) is 16.4 Å². The molecule has 0 spiro atoms. The summed E-state index contributed by atoms with van der Waals surface area (Å²) in [4.78, 5) is 8.79. The van der Waals surface area contributed by atoms with Crippen molar-refractivity contribution in [2.45, 2.75) is 26.9 Å². The van der Waals surface area contributed by atoms with Crippen molar-refractivity contribution >= 4 is 23.2 Å². The van der Waals surface area contributed by atoms with Crippen LogP contribution in [0, 0.1) is 5.92 Å². The minimum Gasteiger partial charge on any atom is -0.370 e. The summed E-state index contributed by atoms with van der Waals surface area (Å²) < 4.78 is 5.70. The molecule has 0 saturated heterocycles. The van der Waals surface area contributed by atoms with Crippen molar-refractivity contribution in [2.75, 3.05) is 6.61 Å². The van der Waals surface area contributed by atoms with Crippen LogP contribution in [-0.4, -0.2) is 16.6 Å². The Bertz CT molecular complexity index is 579. The highest BCUT2D eigenvalue weighted by Crippen LogP contribution is 2.34. The minimum atomic E-state index is -0.213. The van der Waals surface area contributed by atoms with Crippen LogP contribution in [0.1, 0.15) is 32.7 Å². The number of ether oxygens (including phenoxy) is 1. The lowest BCUT2D eigenvalue weighted by Gasteiger charge is -2.20. The van der Waals surface area contributed by atoms with Crippen molar-refractivity contribution in [3.05, 3.63) is 46.5 Å². The minimum absolute atomic E-state index is 0.213. The number of hydrogen-bond donors (Lipinski definition) is 0. The van der Waals surface area contributed by atoms with E-state index in [1.165, 1.54) is 0 Å². The molecule has 0 aliphatic rings. The first kappa shape index (κ1) is 16.2. The molecule has 2 rings (SSSR count). The number of rotatable bonds is 5. The van der Waals surface area contributed by atoms with E-state index in [0.29, 0.717) is 28.3 Å². The first-order chi connectivity index (χ1) is 10.0. The number of aromatic nitrogens is 2. The summed E-state index contributed by atoms with van der Waals surface area (Å²) in [7, 11) is 0. The molecule has 0 saturated carbocycles. The summed E-state index contributed by atoms with van der Waals surface area (Å²) in [6.45, 7) is 6.63. The summed E-state index contributed by atoms with van der Waals surface area (Å²) in [6.07, 6.45) is -0.213. The lowest BCUT2D eigenvalue weighted by molar-refractivity contribution is 0.0232. The third kappa shape index (κ3) is 3.73. The third-order valence-electron chi connectivity index (χ3n) is 3.11. The summed E-state index contributed by atoms with van der Waals surface area (Å²) >= 11 is 12.7. The predicted molar refractivity (Wildman–Crippen MR) is 86.7 cm³/mol. The zero-order valence-electron chi connectivity index (χ0n) is 12.3. The normalized spacial score (nSPS) is 12.7. The molecule has 1 heterocycles. The smallest absolute Gasteiger partial charge is 0.160 e. The molecule has 0 fully saturated rings.